The minimum Gasteiger partial charge on any atom is -0.392 e. The van der Waals surface area contributed by atoms with E-state index in [1.165, 1.54) is 6.42 Å². The maximum absolute atomic E-state index is 12.6. The molecule has 0 radical (unpaired) electrons. The third kappa shape index (κ3) is 6.32. The minimum absolute atomic E-state index is 0.0286. The largest absolute Gasteiger partial charge is 0.392 e. The maximum atomic E-state index is 12.6. The van der Waals surface area contributed by atoms with Gasteiger partial charge < -0.3 is 5.11 Å². The molecule has 140 valence electrons. The van der Waals surface area contributed by atoms with Crippen molar-refractivity contribution in [2.75, 3.05) is 18.1 Å². The molecule has 0 saturated carbocycles. The quantitative estimate of drug-likeness (QED) is 0.652. The summed E-state index contributed by atoms with van der Waals surface area (Å²) < 4.78 is 28.0. The predicted octanol–water partition coefficient (Wildman–Crippen LogP) is 3.56. The van der Waals surface area contributed by atoms with Crippen molar-refractivity contribution in [2.24, 2.45) is 0 Å². The smallest absolute Gasteiger partial charge is 0.240 e. The van der Waals surface area contributed by atoms with E-state index in [0.717, 1.165) is 29.9 Å². The summed E-state index contributed by atoms with van der Waals surface area (Å²) in [6.45, 7) is 3.91. The van der Waals surface area contributed by atoms with Crippen LogP contribution in [0.25, 0.3) is 0 Å². The van der Waals surface area contributed by atoms with Crippen molar-refractivity contribution < 1.29 is 13.5 Å². The number of hydrogen-bond acceptors (Lipinski definition) is 5. The Morgan fingerprint density at radius 2 is 1.88 bits per heavy atom. The normalized spacial score (nSPS) is 19.2. The first-order chi connectivity index (χ1) is 11.9. The Kier molecular flexibility index (Phi) is 7.89. The van der Waals surface area contributed by atoms with Crippen LogP contribution in [0.2, 0.25) is 0 Å². The van der Waals surface area contributed by atoms with Gasteiger partial charge in [0, 0.05) is 6.04 Å². The fraction of sp³-hybridized carbons (Fsp3) is 0.556. The van der Waals surface area contributed by atoms with Crippen LogP contribution in [0, 0.1) is 6.92 Å². The summed E-state index contributed by atoms with van der Waals surface area (Å²) in [7, 11) is -3.51. The number of aryl methyl sites for hydroxylation is 1. The van der Waals surface area contributed by atoms with Crippen LogP contribution >= 0.6 is 23.5 Å². The zero-order valence-electron chi connectivity index (χ0n) is 14.8. The highest BCUT2D eigenvalue weighted by Crippen LogP contribution is 2.48. The van der Waals surface area contributed by atoms with E-state index < -0.39 is 10.0 Å². The highest BCUT2D eigenvalue weighted by atomic mass is 32.2. The minimum atomic E-state index is -3.51. The van der Waals surface area contributed by atoms with E-state index in [1.807, 2.05) is 55.6 Å². The molecule has 1 aromatic rings. The van der Waals surface area contributed by atoms with Gasteiger partial charge in [-0.1, -0.05) is 29.8 Å². The summed E-state index contributed by atoms with van der Waals surface area (Å²) in [6.07, 6.45) is 6.54. The molecule has 1 atom stereocenters. The van der Waals surface area contributed by atoms with E-state index in [9.17, 15) is 8.42 Å². The molecule has 0 spiro atoms. The number of allylic oxidation sites excluding steroid dienone is 1. The van der Waals surface area contributed by atoms with Crippen molar-refractivity contribution in [1.29, 1.82) is 0 Å². The molecular formula is C18H27NO3S3. The average molecular weight is 402 g/mol. The number of thioether (sulfide) groups is 2. The lowest BCUT2D eigenvalue weighted by Gasteiger charge is -2.37. The van der Waals surface area contributed by atoms with Crippen LogP contribution in [0.4, 0.5) is 0 Å². The first-order valence-electron chi connectivity index (χ1n) is 8.50. The Morgan fingerprint density at radius 3 is 2.48 bits per heavy atom. The number of nitrogens with one attached hydrogen (secondary N) is 1. The molecule has 0 aromatic heterocycles. The summed E-state index contributed by atoms with van der Waals surface area (Å²) in [4.78, 5) is 0.308. The lowest BCUT2D eigenvalue weighted by Crippen LogP contribution is -2.39. The Hall–Kier alpha value is -0.470. The fourth-order valence-corrected chi connectivity index (χ4v) is 7.58. The van der Waals surface area contributed by atoms with Crippen molar-refractivity contribution in [3.8, 4) is 0 Å². The first-order valence-corrected chi connectivity index (χ1v) is 12.0. The summed E-state index contributed by atoms with van der Waals surface area (Å²) in [6, 6.07) is 6.76. The van der Waals surface area contributed by atoms with Gasteiger partial charge in [0.2, 0.25) is 10.0 Å². The lowest BCUT2D eigenvalue weighted by atomic mass is 10.1. The van der Waals surface area contributed by atoms with Gasteiger partial charge in [-0.25, -0.2) is 13.1 Å². The Balaban J connectivity index is 2.05. The predicted molar refractivity (Wildman–Crippen MR) is 109 cm³/mol. The summed E-state index contributed by atoms with van der Waals surface area (Å²) in [5.74, 6) is 2.19. The van der Waals surface area contributed by atoms with E-state index >= 15 is 0 Å². The first kappa shape index (κ1) is 20.8. The maximum Gasteiger partial charge on any atom is 0.240 e. The molecule has 0 aliphatic carbocycles. The Morgan fingerprint density at radius 1 is 1.24 bits per heavy atom. The highest BCUT2D eigenvalue weighted by Gasteiger charge is 2.35. The van der Waals surface area contributed by atoms with Gasteiger partial charge in [0.25, 0.3) is 0 Å². The third-order valence-corrected chi connectivity index (χ3v) is 9.04. The molecule has 1 saturated heterocycles. The third-order valence-electron chi connectivity index (χ3n) is 4.02. The van der Waals surface area contributed by atoms with Crippen LogP contribution in [-0.2, 0) is 10.0 Å². The van der Waals surface area contributed by atoms with Crippen LogP contribution in [-0.4, -0.2) is 41.8 Å². The van der Waals surface area contributed by atoms with Crippen molar-refractivity contribution in [3.63, 3.8) is 0 Å². The summed E-state index contributed by atoms with van der Waals surface area (Å²) in [5.41, 5.74) is 1.04. The van der Waals surface area contributed by atoms with Crippen LogP contribution in [0.1, 0.15) is 31.7 Å². The second-order valence-corrected chi connectivity index (χ2v) is 11.3. The van der Waals surface area contributed by atoms with E-state index in [4.69, 9.17) is 5.11 Å². The molecule has 1 aromatic carbocycles. The Bertz CT molecular complexity index is 665. The van der Waals surface area contributed by atoms with Crippen molar-refractivity contribution in [1.82, 2.24) is 4.72 Å². The molecule has 0 bridgehead atoms. The molecule has 0 unspecified atom stereocenters. The van der Waals surface area contributed by atoms with Gasteiger partial charge in [0.1, 0.15) is 0 Å². The van der Waals surface area contributed by atoms with Crippen LogP contribution in [0.3, 0.4) is 0 Å². The molecule has 1 fully saturated rings. The monoisotopic (exact) mass is 401 g/mol. The van der Waals surface area contributed by atoms with Crippen molar-refractivity contribution >= 4 is 33.5 Å². The number of benzene rings is 1. The lowest BCUT2D eigenvalue weighted by molar-refractivity contribution is 0.342. The zero-order chi connectivity index (χ0) is 18.3. The Labute approximate surface area is 159 Å². The number of aliphatic hydroxyl groups excluding tert-OH is 1. The zero-order valence-corrected chi connectivity index (χ0v) is 17.2. The van der Waals surface area contributed by atoms with Gasteiger partial charge in [-0.05, 0) is 56.7 Å². The highest BCUT2D eigenvalue weighted by molar-refractivity contribution is 8.18. The number of aliphatic hydroxyl groups is 1. The van der Waals surface area contributed by atoms with Crippen molar-refractivity contribution in [3.05, 3.63) is 42.0 Å². The summed E-state index contributed by atoms with van der Waals surface area (Å²) >= 11 is 3.82. The molecule has 7 heteroatoms. The molecule has 2 N–H and O–H groups in total. The van der Waals surface area contributed by atoms with E-state index in [1.54, 1.807) is 18.2 Å². The van der Waals surface area contributed by atoms with E-state index in [-0.39, 0.29) is 16.7 Å². The van der Waals surface area contributed by atoms with Gasteiger partial charge in [0.05, 0.1) is 15.6 Å². The van der Waals surface area contributed by atoms with Gasteiger partial charge in [-0.15, -0.1) is 23.5 Å². The SMILES string of the molecule is Cc1ccc(S(=O)(=O)N[C@H](C)CC2(C/C=C/CO)SCCCS2)cc1. The van der Waals surface area contributed by atoms with E-state index in [2.05, 4.69) is 4.72 Å². The molecule has 0 amide bonds. The second-order valence-electron chi connectivity index (χ2n) is 6.36. The molecule has 4 nitrogen and oxygen atoms in total. The fourth-order valence-electron chi connectivity index (χ4n) is 2.83. The molecular weight excluding hydrogens is 374 g/mol. The topological polar surface area (TPSA) is 66.4 Å². The average Bonchev–Trinajstić information content (AvgIpc) is 2.55. The molecule has 1 heterocycles. The van der Waals surface area contributed by atoms with Gasteiger partial charge >= 0.3 is 0 Å². The standard InChI is InChI=1S/C18H27NO3S3/c1-15-6-8-17(9-7-15)25(21,22)19-16(2)14-18(10-3-4-11-20)23-12-5-13-24-18/h3-4,6-9,16,19-20H,5,10-14H2,1-2H3/b4-3+/t16-/m1/s1. The van der Waals surface area contributed by atoms with Crippen molar-refractivity contribution in [2.45, 2.75) is 48.1 Å². The number of rotatable bonds is 8. The molecule has 1 aliphatic heterocycles. The van der Waals surface area contributed by atoms with Gasteiger partial charge in [-0.2, -0.15) is 0 Å². The van der Waals surface area contributed by atoms with Crippen LogP contribution < -0.4 is 4.72 Å². The second kappa shape index (κ2) is 9.46. The number of sulfonamides is 1. The molecule has 25 heavy (non-hydrogen) atoms. The van der Waals surface area contributed by atoms with Crippen LogP contribution in [0.15, 0.2) is 41.3 Å². The van der Waals surface area contributed by atoms with Crippen LogP contribution in [0.5, 0.6) is 0 Å². The van der Waals surface area contributed by atoms with Gasteiger partial charge in [0.15, 0.2) is 0 Å². The van der Waals surface area contributed by atoms with Gasteiger partial charge in [-0.3, -0.25) is 0 Å². The summed E-state index contributed by atoms with van der Waals surface area (Å²) in [5, 5.41) is 8.97. The number of hydrogen-bond donors (Lipinski definition) is 2. The van der Waals surface area contributed by atoms with E-state index in [0.29, 0.717) is 4.90 Å². The molecule has 1 aliphatic rings. The molecule has 2 rings (SSSR count).